The summed E-state index contributed by atoms with van der Waals surface area (Å²) in [6.07, 6.45) is 3.83. The van der Waals surface area contributed by atoms with Gasteiger partial charge in [0.25, 0.3) is 0 Å². The number of rotatable bonds is 2. The minimum absolute atomic E-state index is 0.0887. The summed E-state index contributed by atoms with van der Waals surface area (Å²) in [5.41, 5.74) is 6.84. The van der Waals surface area contributed by atoms with E-state index in [-0.39, 0.29) is 17.2 Å². The maximum Gasteiger partial charge on any atom is 0.143 e. The summed E-state index contributed by atoms with van der Waals surface area (Å²) in [6, 6.07) is 3.05. The van der Waals surface area contributed by atoms with Crippen molar-refractivity contribution in [1.29, 1.82) is 0 Å². The summed E-state index contributed by atoms with van der Waals surface area (Å²) in [7, 11) is 0. The third kappa shape index (κ3) is 1.96. The monoisotopic (exact) mass is 256 g/mol. The Morgan fingerprint density at radius 1 is 1.41 bits per heavy atom. The SMILES string of the molecule is Nc1cc(F)c(Cl)cc1NC1CC2CCC1O2. The zero-order valence-electron chi connectivity index (χ0n) is 9.25. The predicted molar refractivity (Wildman–Crippen MR) is 65.7 cm³/mol. The van der Waals surface area contributed by atoms with Crippen molar-refractivity contribution in [1.82, 2.24) is 0 Å². The Hall–Kier alpha value is -1.00. The number of benzene rings is 1. The Bertz CT molecular complexity index is 454. The van der Waals surface area contributed by atoms with E-state index in [1.54, 1.807) is 0 Å². The van der Waals surface area contributed by atoms with Crippen molar-refractivity contribution in [2.75, 3.05) is 11.1 Å². The smallest absolute Gasteiger partial charge is 0.143 e. The Labute approximate surface area is 104 Å². The first-order chi connectivity index (χ1) is 8.13. The highest BCUT2D eigenvalue weighted by Crippen LogP contribution is 2.37. The van der Waals surface area contributed by atoms with Crippen LogP contribution in [0.25, 0.3) is 0 Å². The lowest BCUT2D eigenvalue weighted by atomic mass is 9.95. The maximum atomic E-state index is 13.2. The molecule has 0 amide bonds. The largest absolute Gasteiger partial charge is 0.397 e. The van der Waals surface area contributed by atoms with E-state index in [4.69, 9.17) is 22.1 Å². The molecule has 2 bridgehead atoms. The van der Waals surface area contributed by atoms with Gasteiger partial charge in [0.1, 0.15) is 5.82 Å². The fraction of sp³-hybridized carbons (Fsp3) is 0.500. The van der Waals surface area contributed by atoms with E-state index in [9.17, 15) is 4.39 Å². The highest BCUT2D eigenvalue weighted by Gasteiger charge is 2.40. The molecule has 0 radical (unpaired) electrons. The second-order valence-electron chi connectivity index (χ2n) is 4.71. The minimum Gasteiger partial charge on any atom is -0.397 e. The molecule has 2 aliphatic heterocycles. The summed E-state index contributed by atoms with van der Waals surface area (Å²) < 4.78 is 18.9. The van der Waals surface area contributed by atoms with Crippen molar-refractivity contribution >= 4 is 23.0 Å². The van der Waals surface area contributed by atoms with Crippen LogP contribution in [0.4, 0.5) is 15.8 Å². The average molecular weight is 257 g/mol. The molecule has 3 nitrogen and oxygen atoms in total. The molecule has 0 aliphatic carbocycles. The van der Waals surface area contributed by atoms with Gasteiger partial charge in [0, 0.05) is 6.07 Å². The Morgan fingerprint density at radius 3 is 2.88 bits per heavy atom. The molecule has 92 valence electrons. The molecule has 2 fully saturated rings. The van der Waals surface area contributed by atoms with E-state index in [0.29, 0.717) is 17.5 Å². The first-order valence-electron chi connectivity index (χ1n) is 5.80. The number of hydrogen-bond donors (Lipinski definition) is 2. The van der Waals surface area contributed by atoms with Crippen LogP contribution in [0, 0.1) is 5.82 Å². The summed E-state index contributed by atoms with van der Waals surface area (Å²) in [6.45, 7) is 0. The number of ether oxygens (including phenoxy) is 1. The van der Waals surface area contributed by atoms with Gasteiger partial charge < -0.3 is 15.8 Å². The van der Waals surface area contributed by atoms with Crippen LogP contribution in [0.5, 0.6) is 0 Å². The van der Waals surface area contributed by atoms with Crippen LogP contribution in [0.1, 0.15) is 19.3 Å². The van der Waals surface area contributed by atoms with Crippen molar-refractivity contribution in [3.63, 3.8) is 0 Å². The molecule has 2 heterocycles. The molecule has 3 atom stereocenters. The van der Waals surface area contributed by atoms with E-state index in [0.717, 1.165) is 19.3 Å². The number of hydrogen-bond acceptors (Lipinski definition) is 3. The van der Waals surface area contributed by atoms with Gasteiger partial charge in [-0.05, 0) is 25.3 Å². The van der Waals surface area contributed by atoms with E-state index in [2.05, 4.69) is 5.32 Å². The number of nitrogens with two attached hydrogens (primary N) is 1. The van der Waals surface area contributed by atoms with Crippen LogP contribution < -0.4 is 11.1 Å². The van der Waals surface area contributed by atoms with Gasteiger partial charge in [-0.3, -0.25) is 0 Å². The second-order valence-corrected chi connectivity index (χ2v) is 5.12. The lowest BCUT2D eigenvalue weighted by Crippen LogP contribution is -2.30. The molecular weight excluding hydrogens is 243 g/mol. The summed E-state index contributed by atoms with van der Waals surface area (Å²) in [5, 5.41) is 3.40. The Balaban J connectivity index is 1.79. The van der Waals surface area contributed by atoms with E-state index >= 15 is 0 Å². The molecule has 3 rings (SSSR count). The molecule has 1 aromatic carbocycles. The van der Waals surface area contributed by atoms with Crippen LogP contribution >= 0.6 is 11.6 Å². The van der Waals surface area contributed by atoms with Crippen molar-refractivity contribution in [3.05, 3.63) is 23.0 Å². The molecule has 5 heteroatoms. The number of fused-ring (bicyclic) bond motifs is 2. The Morgan fingerprint density at radius 2 is 2.24 bits per heavy atom. The highest BCUT2D eigenvalue weighted by atomic mass is 35.5. The number of nitrogens with one attached hydrogen (secondary N) is 1. The maximum absolute atomic E-state index is 13.2. The molecule has 3 N–H and O–H groups in total. The minimum atomic E-state index is -0.487. The van der Waals surface area contributed by atoms with Crippen LogP contribution in [-0.2, 0) is 4.74 Å². The first kappa shape index (κ1) is 11.1. The molecule has 0 saturated carbocycles. The Kier molecular flexibility index (Phi) is 2.64. The third-order valence-electron chi connectivity index (χ3n) is 3.54. The number of anilines is 2. The van der Waals surface area contributed by atoms with Gasteiger partial charge >= 0.3 is 0 Å². The molecule has 17 heavy (non-hydrogen) atoms. The van der Waals surface area contributed by atoms with Crippen molar-refractivity contribution < 1.29 is 9.13 Å². The lowest BCUT2D eigenvalue weighted by Gasteiger charge is -2.22. The average Bonchev–Trinajstić information content (AvgIpc) is 2.87. The molecule has 3 unspecified atom stereocenters. The van der Waals surface area contributed by atoms with Gasteiger partial charge in [-0.1, -0.05) is 11.6 Å². The van der Waals surface area contributed by atoms with E-state index in [1.165, 1.54) is 12.1 Å². The van der Waals surface area contributed by atoms with Crippen molar-refractivity contribution in [2.24, 2.45) is 0 Å². The van der Waals surface area contributed by atoms with Gasteiger partial charge in [0.2, 0.25) is 0 Å². The fourth-order valence-electron chi connectivity index (χ4n) is 2.68. The van der Waals surface area contributed by atoms with Gasteiger partial charge in [-0.15, -0.1) is 0 Å². The third-order valence-corrected chi connectivity index (χ3v) is 3.83. The molecule has 2 aliphatic rings. The second kappa shape index (κ2) is 4.03. The van der Waals surface area contributed by atoms with Gasteiger partial charge in [-0.2, -0.15) is 0 Å². The van der Waals surface area contributed by atoms with E-state index < -0.39 is 5.82 Å². The zero-order valence-corrected chi connectivity index (χ0v) is 10.0. The standard InChI is InChI=1S/C12H14ClFN2O/c13-7-4-10(9(15)5-8(7)14)16-11-3-6-1-2-12(11)17-6/h4-6,11-12,16H,1-3,15H2. The van der Waals surface area contributed by atoms with Gasteiger partial charge in [0.05, 0.1) is 34.6 Å². The molecule has 0 spiro atoms. The van der Waals surface area contributed by atoms with Crippen molar-refractivity contribution in [2.45, 2.75) is 37.5 Å². The van der Waals surface area contributed by atoms with Crippen LogP contribution in [-0.4, -0.2) is 18.2 Å². The van der Waals surface area contributed by atoms with E-state index in [1.807, 2.05) is 0 Å². The molecule has 0 aromatic heterocycles. The zero-order chi connectivity index (χ0) is 12.0. The normalized spacial score (nSPS) is 30.8. The van der Waals surface area contributed by atoms with Crippen LogP contribution in [0.3, 0.4) is 0 Å². The first-order valence-corrected chi connectivity index (χ1v) is 6.18. The number of nitrogen functional groups attached to an aromatic ring is 1. The van der Waals surface area contributed by atoms with Crippen molar-refractivity contribution in [3.8, 4) is 0 Å². The number of halogens is 2. The van der Waals surface area contributed by atoms with Crippen LogP contribution in [0.2, 0.25) is 5.02 Å². The lowest BCUT2D eigenvalue weighted by molar-refractivity contribution is 0.102. The van der Waals surface area contributed by atoms with Crippen LogP contribution in [0.15, 0.2) is 12.1 Å². The molecule has 2 saturated heterocycles. The summed E-state index contributed by atoms with van der Waals surface area (Å²) >= 11 is 5.75. The molecule has 1 aromatic rings. The summed E-state index contributed by atoms with van der Waals surface area (Å²) in [5.74, 6) is -0.487. The topological polar surface area (TPSA) is 47.3 Å². The predicted octanol–water partition coefficient (Wildman–Crippen LogP) is 2.79. The molecular formula is C12H14ClFN2O. The summed E-state index contributed by atoms with van der Waals surface area (Å²) in [4.78, 5) is 0. The fourth-order valence-corrected chi connectivity index (χ4v) is 2.84. The highest BCUT2D eigenvalue weighted by molar-refractivity contribution is 6.31. The van der Waals surface area contributed by atoms with Gasteiger partial charge in [-0.25, -0.2) is 4.39 Å². The quantitative estimate of drug-likeness (QED) is 0.800. The van der Waals surface area contributed by atoms with Gasteiger partial charge in [0.15, 0.2) is 0 Å².